The molecule has 0 unspecified atom stereocenters. The van der Waals surface area contributed by atoms with Crippen molar-refractivity contribution >= 4 is 11.9 Å². The van der Waals surface area contributed by atoms with Crippen molar-refractivity contribution in [1.29, 1.82) is 0 Å². The molecule has 29 heavy (non-hydrogen) atoms. The Kier molecular flexibility index (Phi) is 6.79. The Morgan fingerprint density at radius 2 is 1.83 bits per heavy atom. The van der Waals surface area contributed by atoms with Gasteiger partial charge in [0.2, 0.25) is 5.91 Å². The standard InChI is InChI=1S/C18H24N2O2.C2HF3O2/c21-18(19-15-6-7-15)16-10-14-8-9-20(12-17(14)22-16)11-13-4-2-1-3-5-13;3-2(4,5)1(6)7/h1-5,14-17H,6-12H2,(H,19,21);(H,6,7)/t14-,16-,17+;/m0./s1. The number of likely N-dealkylation sites (tertiary alicyclic amines) is 1. The average molecular weight is 414 g/mol. The molecule has 1 amide bonds. The largest absolute Gasteiger partial charge is 0.490 e. The van der Waals surface area contributed by atoms with Gasteiger partial charge in [-0.1, -0.05) is 30.3 Å². The molecule has 1 aromatic rings. The van der Waals surface area contributed by atoms with E-state index in [-0.39, 0.29) is 18.1 Å². The first-order chi connectivity index (χ1) is 13.7. The second-order valence-electron chi connectivity index (χ2n) is 7.75. The Labute approximate surface area is 167 Å². The number of alkyl halides is 3. The molecular weight excluding hydrogens is 389 g/mol. The molecule has 160 valence electrons. The van der Waals surface area contributed by atoms with Gasteiger partial charge in [0.1, 0.15) is 6.10 Å². The van der Waals surface area contributed by atoms with Crippen molar-refractivity contribution in [3.8, 4) is 0 Å². The van der Waals surface area contributed by atoms with Crippen LogP contribution in [0.2, 0.25) is 0 Å². The van der Waals surface area contributed by atoms with E-state index >= 15 is 0 Å². The highest BCUT2D eigenvalue weighted by molar-refractivity contribution is 5.81. The number of fused-ring (bicyclic) bond motifs is 1. The SMILES string of the molecule is O=C(NC1CC1)[C@@H]1C[C@@H]2CCN(Cc3ccccc3)C[C@H]2O1.O=C(O)C(F)(F)F. The zero-order valence-electron chi connectivity index (χ0n) is 15.9. The summed E-state index contributed by atoms with van der Waals surface area (Å²) < 4.78 is 37.8. The number of carboxylic acid groups (broad SMARTS) is 1. The van der Waals surface area contributed by atoms with E-state index in [4.69, 9.17) is 14.6 Å². The van der Waals surface area contributed by atoms with Gasteiger partial charge in [-0.15, -0.1) is 0 Å². The summed E-state index contributed by atoms with van der Waals surface area (Å²) in [4.78, 5) is 23.5. The summed E-state index contributed by atoms with van der Waals surface area (Å²) in [5, 5.41) is 10.2. The summed E-state index contributed by atoms with van der Waals surface area (Å²) in [7, 11) is 0. The van der Waals surface area contributed by atoms with Gasteiger partial charge in [-0.05, 0) is 43.7 Å². The van der Waals surface area contributed by atoms with E-state index in [1.807, 2.05) is 0 Å². The number of ether oxygens (including phenoxy) is 1. The number of carbonyl (C=O) groups excluding carboxylic acids is 1. The van der Waals surface area contributed by atoms with Crippen LogP contribution in [0.15, 0.2) is 30.3 Å². The van der Waals surface area contributed by atoms with E-state index in [1.54, 1.807) is 0 Å². The molecule has 3 aliphatic rings. The number of nitrogens with one attached hydrogen (secondary N) is 1. The number of amides is 1. The highest BCUT2D eigenvalue weighted by Gasteiger charge is 2.42. The number of aliphatic carboxylic acids is 1. The van der Waals surface area contributed by atoms with Gasteiger partial charge in [0.05, 0.1) is 6.10 Å². The van der Waals surface area contributed by atoms with E-state index < -0.39 is 12.1 Å². The van der Waals surface area contributed by atoms with Crippen LogP contribution in [0.25, 0.3) is 0 Å². The van der Waals surface area contributed by atoms with Crippen LogP contribution < -0.4 is 5.32 Å². The summed E-state index contributed by atoms with van der Waals surface area (Å²) in [6, 6.07) is 11.0. The Morgan fingerprint density at radius 3 is 2.41 bits per heavy atom. The van der Waals surface area contributed by atoms with Crippen LogP contribution in [-0.2, 0) is 20.9 Å². The molecule has 0 radical (unpaired) electrons. The van der Waals surface area contributed by atoms with Crippen molar-refractivity contribution in [3.63, 3.8) is 0 Å². The molecule has 4 rings (SSSR count). The summed E-state index contributed by atoms with van der Waals surface area (Å²) in [5.74, 6) is -2.08. The second kappa shape index (κ2) is 9.13. The summed E-state index contributed by atoms with van der Waals surface area (Å²) >= 11 is 0. The molecule has 1 saturated carbocycles. The van der Waals surface area contributed by atoms with E-state index in [1.165, 1.54) is 5.56 Å². The van der Waals surface area contributed by atoms with E-state index in [2.05, 4.69) is 40.5 Å². The van der Waals surface area contributed by atoms with E-state index in [9.17, 15) is 18.0 Å². The van der Waals surface area contributed by atoms with E-state index in [0.717, 1.165) is 45.3 Å². The number of nitrogens with zero attached hydrogens (tertiary/aromatic N) is 1. The third kappa shape index (κ3) is 6.43. The summed E-state index contributed by atoms with van der Waals surface area (Å²) in [5.41, 5.74) is 1.35. The van der Waals surface area contributed by atoms with Crippen molar-refractivity contribution in [2.45, 2.75) is 56.7 Å². The predicted molar refractivity (Wildman–Crippen MR) is 98.0 cm³/mol. The monoisotopic (exact) mass is 414 g/mol. The molecule has 1 aliphatic carbocycles. The van der Waals surface area contributed by atoms with Gasteiger partial charge in [-0.25, -0.2) is 4.79 Å². The number of benzene rings is 1. The van der Waals surface area contributed by atoms with Crippen LogP contribution >= 0.6 is 0 Å². The highest BCUT2D eigenvalue weighted by atomic mass is 19.4. The van der Waals surface area contributed by atoms with Crippen LogP contribution in [0.5, 0.6) is 0 Å². The highest BCUT2D eigenvalue weighted by Crippen LogP contribution is 2.34. The molecule has 0 aromatic heterocycles. The lowest BCUT2D eigenvalue weighted by Crippen LogP contribution is -2.42. The molecule has 0 spiro atoms. The Morgan fingerprint density at radius 1 is 1.17 bits per heavy atom. The first-order valence-electron chi connectivity index (χ1n) is 9.74. The lowest BCUT2D eigenvalue weighted by atomic mass is 9.91. The topological polar surface area (TPSA) is 78.9 Å². The van der Waals surface area contributed by atoms with Gasteiger partial charge in [-0.2, -0.15) is 13.2 Å². The van der Waals surface area contributed by atoms with Gasteiger partial charge < -0.3 is 15.2 Å². The Balaban J connectivity index is 0.000000298. The quantitative estimate of drug-likeness (QED) is 0.792. The van der Waals surface area contributed by atoms with Crippen LogP contribution in [0.3, 0.4) is 0 Å². The maximum Gasteiger partial charge on any atom is 0.490 e. The number of halogens is 3. The molecule has 6 nitrogen and oxygen atoms in total. The zero-order chi connectivity index (χ0) is 21.0. The molecule has 3 atom stereocenters. The Bertz CT molecular complexity index is 709. The maximum absolute atomic E-state index is 12.2. The lowest BCUT2D eigenvalue weighted by molar-refractivity contribution is -0.192. The van der Waals surface area contributed by atoms with Gasteiger partial charge in [0, 0.05) is 19.1 Å². The number of piperidine rings is 1. The molecule has 9 heteroatoms. The third-order valence-corrected chi connectivity index (χ3v) is 5.34. The van der Waals surface area contributed by atoms with Crippen LogP contribution in [0.1, 0.15) is 31.2 Å². The third-order valence-electron chi connectivity index (χ3n) is 5.34. The normalized spacial score (nSPS) is 26.8. The van der Waals surface area contributed by atoms with Gasteiger partial charge in [-0.3, -0.25) is 9.69 Å². The van der Waals surface area contributed by atoms with Crippen molar-refractivity contribution in [3.05, 3.63) is 35.9 Å². The van der Waals surface area contributed by atoms with Crippen LogP contribution in [0, 0.1) is 5.92 Å². The molecular formula is C20H25F3N2O4. The molecule has 1 aromatic carbocycles. The minimum Gasteiger partial charge on any atom is -0.475 e. The molecule has 2 heterocycles. The average Bonchev–Trinajstić information content (AvgIpc) is 3.37. The van der Waals surface area contributed by atoms with Crippen LogP contribution in [0.4, 0.5) is 13.2 Å². The van der Waals surface area contributed by atoms with Gasteiger partial charge >= 0.3 is 12.1 Å². The Hall–Kier alpha value is -2.13. The molecule has 2 N–H and O–H groups in total. The molecule has 2 saturated heterocycles. The van der Waals surface area contributed by atoms with Crippen molar-refractivity contribution in [2.75, 3.05) is 13.1 Å². The first-order valence-corrected chi connectivity index (χ1v) is 9.74. The van der Waals surface area contributed by atoms with Crippen molar-refractivity contribution in [1.82, 2.24) is 10.2 Å². The fourth-order valence-corrected chi connectivity index (χ4v) is 3.67. The second-order valence-corrected chi connectivity index (χ2v) is 7.75. The van der Waals surface area contributed by atoms with Gasteiger partial charge in [0.15, 0.2) is 0 Å². The number of carbonyl (C=O) groups is 2. The van der Waals surface area contributed by atoms with Crippen molar-refractivity contribution < 1.29 is 32.6 Å². The number of rotatable bonds is 4. The fraction of sp³-hybridized carbons (Fsp3) is 0.600. The predicted octanol–water partition coefficient (Wildman–Crippen LogP) is 2.58. The number of carboxylic acids is 1. The van der Waals surface area contributed by atoms with Crippen molar-refractivity contribution in [2.24, 2.45) is 5.92 Å². The summed E-state index contributed by atoms with van der Waals surface area (Å²) in [6.07, 6.45) is -0.751. The fourth-order valence-electron chi connectivity index (χ4n) is 3.67. The smallest absolute Gasteiger partial charge is 0.475 e. The summed E-state index contributed by atoms with van der Waals surface area (Å²) in [6.45, 7) is 3.04. The van der Waals surface area contributed by atoms with Gasteiger partial charge in [0.25, 0.3) is 0 Å². The number of hydrogen-bond donors (Lipinski definition) is 2. The lowest BCUT2D eigenvalue weighted by Gasteiger charge is -2.34. The minimum absolute atomic E-state index is 0.117. The first kappa shape index (κ1) is 21.6. The molecule has 3 fully saturated rings. The van der Waals surface area contributed by atoms with E-state index in [0.29, 0.717) is 12.0 Å². The number of hydrogen-bond acceptors (Lipinski definition) is 4. The maximum atomic E-state index is 12.2. The zero-order valence-corrected chi connectivity index (χ0v) is 15.9. The van der Waals surface area contributed by atoms with Crippen LogP contribution in [-0.4, -0.2) is 59.4 Å². The molecule has 0 bridgehead atoms. The molecule has 2 aliphatic heterocycles. The minimum atomic E-state index is -5.08.